The van der Waals surface area contributed by atoms with E-state index in [1.807, 2.05) is 12.1 Å². The third-order valence-corrected chi connectivity index (χ3v) is 3.08. The second kappa shape index (κ2) is 5.14. The molecule has 17 heavy (non-hydrogen) atoms. The van der Waals surface area contributed by atoms with Gasteiger partial charge in [-0.05, 0) is 31.0 Å². The van der Waals surface area contributed by atoms with Crippen molar-refractivity contribution in [3.63, 3.8) is 0 Å². The summed E-state index contributed by atoms with van der Waals surface area (Å²) in [6.07, 6.45) is 4.20. The Morgan fingerprint density at radius 2 is 2.41 bits per heavy atom. The molecule has 5 nitrogen and oxygen atoms in total. The first-order valence-corrected chi connectivity index (χ1v) is 5.92. The summed E-state index contributed by atoms with van der Waals surface area (Å²) in [6.45, 7) is 3.97. The zero-order valence-corrected chi connectivity index (χ0v) is 10.0. The zero-order chi connectivity index (χ0) is 12.3. The summed E-state index contributed by atoms with van der Waals surface area (Å²) in [4.78, 5) is 6.57. The number of oxime groups is 1. The van der Waals surface area contributed by atoms with E-state index in [0.29, 0.717) is 11.7 Å². The average Bonchev–Trinajstić information content (AvgIpc) is 3.19. The van der Waals surface area contributed by atoms with Crippen molar-refractivity contribution in [3.8, 4) is 0 Å². The van der Waals surface area contributed by atoms with Gasteiger partial charge < -0.3 is 10.9 Å². The monoisotopic (exact) mass is 234 g/mol. The molecule has 0 unspecified atom stereocenters. The third kappa shape index (κ3) is 2.74. The van der Waals surface area contributed by atoms with Crippen molar-refractivity contribution in [1.82, 2.24) is 9.88 Å². The lowest BCUT2D eigenvalue weighted by molar-refractivity contribution is 0.268. The minimum atomic E-state index is 0.0763. The van der Waals surface area contributed by atoms with Crippen molar-refractivity contribution in [3.05, 3.63) is 29.6 Å². The highest BCUT2D eigenvalue weighted by atomic mass is 16.4. The van der Waals surface area contributed by atoms with E-state index in [2.05, 4.69) is 22.0 Å². The first kappa shape index (κ1) is 11.9. The Hall–Kier alpha value is -1.62. The number of nitrogens with zero attached hydrogens (tertiary/aromatic N) is 3. The smallest absolute Gasteiger partial charge is 0.189 e. The van der Waals surface area contributed by atoms with Gasteiger partial charge in [0.05, 0.1) is 0 Å². The van der Waals surface area contributed by atoms with Crippen LogP contribution in [0.1, 0.15) is 31.0 Å². The maximum atomic E-state index is 8.73. The lowest BCUT2D eigenvalue weighted by atomic mass is 10.1. The largest absolute Gasteiger partial charge is 0.409 e. The number of hydrogen-bond acceptors (Lipinski definition) is 4. The normalized spacial score (nSPS) is 16.5. The molecule has 2 rings (SSSR count). The second-order valence-electron chi connectivity index (χ2n) is 4.29. The molecule has 0 saturated heterocycles. The highest BCUT2D eigenvalue weighted by molar-refractivity contribution is 5.96. The lowest BCUT2D eigenvalue weighted by Crippen LogP contribution is -2.27. The predicted octanol–water partition coefficient (Wildman–Crippen LogP) is 1.16. The van der Waals surface area contributed by atoms with Crippen LogP contribution in [0.25, 0.3) is 0 Å². The molecule has 5 heteroatoms. The number of hydrogen-bond donors (Lipinski definition) is 2. The summed E-state index contributed by atoms with van der Waals surface area (Å²) < 4.78 is 0. The van der Waals surface area contributed by atoms with Gasteiger partial charge in [0.15, 0.2) is 5.84 Å². The van der Waals surface area contributed by atoms with Gasteiger partial charge in [0.1, 0.15) is 5.69 Å². The van der Waals surface area contributed by atoms with E-state index >= 15 is 0 Å². The molecule has 1 aromatic heterocycles. The molecule has 3 N–H and O–H groups in total. The zero-order valence-electron chi connectivity index (χ0n) is 10.0. The van der Waals surface area contributed by atoms with Gasteiger partial charge in [-0.1, -0.05) is 18.1 Å². The van der Waals surface area contributed by atoms with Crippen LogP contribution in [-0.2, 0) is 6.54 Å². The van der Waals surface area contributed by atoms with Crippen molar-refractivity contribution in [2.24, 2.45) is 10.9 Å². The molecule has 0 atom stereocenters. The van der Waals surface area contributed by atoms with Crippen LogP contribution >= 0.6 is 0 Å². The highest BCUT2D eigenvalue weighted by Crippen LogP contribution is 2.28. The quantitative estimate of drug-likeness (QED) is 0.347. The molecular weight excluding hydrogens is 216 g/mol. The molecule has 1 aromatic rings. The first-order valence-electron chi connectivity index (χ1n) is 5.92. The van der Waals surface area contributed by atoms with Crippen molar-refractivity contribution < 1.29 is 5.21 Å². The molecule has 0 radical (unpaired) electrons. The van der Waals surface area contributed by atoms with E-state index in [9.17, 15) is 0 Å². The van der Waals surface area contributed by atoms with Crippen LogP contribution in [0.2, 0.25) is 0 Å². The molecule has 0 amide bonds. The molecular formula is C12H18N4O. The van der Waals surface area contributed by atoms with Gasteiger partial charge in [-0.25, -0.2) is 0 Å². The standard InChI is InChI=1S/C12H18N4O/c1-2-16(10-5-6-10)8-9-4-3-7-14-11(9)12(13)15-17/h3-4,7,10,17H,2,5-6,8H2,1H3,(H2,13,15). The van der Waals surface area contributed by atoms with E-state index in [4.69, 9.17) is 10.9 Å². The summed E-state index contributed by atoms with van der Waals surface area (Å²) >= 11 is 0. The van der Waals surface area contributed by atoms with Crippen LogP contribution in [0.3, 0.4) is 0 Å². The average molecular weight is 234 g/mol. The van der Waals surface area contributed by atoms with Crippen LogP contribution in [0, 0.1) is 0 Å². The molecule has 0 spiro atoms. The fraction of sp³-hybridized carbons (Fsp3) is 0.500. The van der Waals surface area contributed by atoms with Crippen LogP contribution in [0.5, 0.6) is 0 Å². The van der Waals surface area contributed by atoms with E-state index in [-0.39, 0.29) is 5.84 Å². The van der Waals surface area contributed by atoms with Crippen molar-refractivity contribution in [2.45, 2.75) is 32.4 Å². The van der Waals surface area contributed by atoms with Gasteiger partial charge in [0.2, 0.25) is 0 Å². The third-order valence-electron chi connectivity index (χ3n) is 3.08. The fourth-order valence-corrected chi connectivity index (χ4v) is 2.00. The summed E-state index contributed by atoms with van der Waals surface area (Å²) in [7, 11) is 0. The van der Waals surface area contributed by atoms with E-state index in [0.717, 1.165) is 18.7 Å². The molecule has 1 fully saturated rings. The number of pyridine rings is 1. The van der Waals surface area contributed by atoms with Gasteiger partial charge in [0.25, 0.3) is 0 Å². The Balaban J connectivity index is 2.19. The Morgan fingerprint density at radius 1 is 1.65 bits per heavy atom. The predicted molar refractivity (Wildman–Crippen MR) is 65.9 cm³/mol. The van der Waals surface area contributed by atoms with Crippen LogP contribution in [0.4, 0.5) is 0 Å². The van der Waals surface area contributed by atoms with E-state index in [1.54, 1.807) is 6.20 Å². The maximum absolute atomic E-state index is 8.73. The van der Waals surface area contributed by atoms with E-state index in [1.165, 1.54) is 12.8 Å². The topological polar surface area (TPSA) is 74.7 Å². The molecule has 92 valence electrons. The number of nitrogens with two attached hydrogens (primary N) is 1. The molecule has 1 heterocycles. The Labute approximate surface area is 101 Å². The molecule has 0 aliphatic heterocycles. The Bertz CT molecular complexity index is 415. The summed E-state index contributed by atoms with van der Waals surface area (Å²) in [5.41, 5.74) is 7.21. The van der Waals surface area contributed by atoms with Gasteiger partial charge >= 0.3 is 0 Å². The van der Waals surface area contributed by atoms with Crippen molar-refractivity contribution >= 4 is 5.84 Å². The molecule has 1 aliphatic rings. The summed E-state index contributed by atoms with van der Waals surface area (Å²) in [6, 6.07) is 4.55. The number of aromatic nitrogens is 1. The Kier molecular flexibility index (Phi) is 3.58. The molecule has 0 aromatic carbocycles. The molecule has 1 saturated carbocycles. The lowest BCUT2D eigenvalue weighted by Gasteiger charge is -2.20. The fourth-order valence-electron chi connectivity index (χ4n) is 2.00. The minimum absolute atomic E-state index is 0.0763. The summed E-state index contributed by atoms with van der Waals surface area (Å²) in [5.74, 6) is 0.0763. The summed E-state index contributed by atoms with van der Waals surface area (Å²) in [5, 5.41) is 11.8. The van der Waals surface area contributed by atoms with Gasteiger partial charge in [0, 0.05) is 18.8 Å². The SMILES string of the molecule is CCN(Cc1cccnc1C(N)=NO)C1CC1. The van der Waals surface area contributed by atoms with Crippen LogP contribution in [0.15, 0.2) is 23.5 Å². The van der Waals surface area contributed by atoms with Crippen molar-refractivity contribution in [1.29, 1.82) is 0 Å². The van der Waals surface area contributed by atoms with Crippen LogP contribution < -0.4 is 5.73 Å². The number of amidine groups is 1. The van der Waals surface area contributed by atoms with Crippen LogP contribution in [-0.4, -0.2) is 33.5 Å². The van der Waals surface area contributed by atoms with Crippen molar-refractivity contribution in [2.75, 3.05) is 6.54 Å². The Morgan fingerprint density at radius 3 is 3.00 bits per heavy atom. The molecule has 0 bridgehead atoms. The number of rotatable bonds is 5. The first-order chi connectivity index (χ1) is 8.26. The van der Waals surface area contributed by atoms with Gasteiger partial charge in [-0.2, -0.15) is 0 Å². The minimum Gasteiger partial charge on any atom is -0.409 e. The van der Waals surface area contributed by atoms with Gasteiger partial charge in [-0.3, -0.25) is 9.88 Å². The van der Waals surface area contributed by atoms with Gasteiger partial charge in [-0.15, -0.1) is 0 Å². The maximum Gasteiger partial charge on any atom is 0.189 e. The molecule has 1 aliphatic carbocycles. The highest BCUT2D eigenvalue weighted by Gasteiger charge is 2.28. The van der Waals surface area contributed by atoms with E-state index < -0.39 is 0 Å². The second-order valence-corrected chi connectivity index (χ2v) is 4.29.